The number of hydrogen-bond acceptors (Lipinski definition) is 2. The van der Waals surface area contributed by atoms with Gasteiger partial charge in [0.15, 0.2) is 17.3 Å². The minimum Gasteiger partial charge on any atom is -0.243 e. The Morgan fingerprint density at radius 1 is 1.16 bits per heavy atom. The van der Waals surface area contributed by atoms with Crippen LogP contribution >= 0.6 is 0 Å². The van der Waals surface area contributed by atoms with E-state index >= 15 is 0 Å². The second-order valence-corrected chi connectivity index (χ2v) is 4.38. The van der Waals surface area contributed by atoms with Crippen molar-refractivity contribution in [3.05, 3.63) is 59.4 Å². The van der Waals surface area contributed by atoms with Crippen molar-refractivity contribution in [2.24, 2.45) is 0 Å². The number of rotatable bonds is 2. The van der Waals surface area contributed by atoms with Crippen LogP contribution in [0.5, 0.6) is 0 Å². The zero-order chi connectivity index (χ0) is 13.4. The Morgan fingerprint density at radius 3 is 2.84 bits per heavy atom. The van der Waals surface area contributed by atoms with E-state index in [1.807, 2.05) is 19.1 Å². The molecule has 1 aromatic carbocycles. The van der Waals surface area contributed by atoms with Crippen LogP contribution in [0.25, 0.3) is 11.0 Å². The van der Waals surface area contributed by atoms with E-state index in [2.05, 4.69) is 10.1 Å². The summed E-state index contributed by atoms with van der Waals surface area (Å²) < 4.78 is 28.4. The van der Waals surface area contributed by atoms with E-state index < -0.39 is 11.6 Å². The van der Waals surface area contributed by atoms with Crippen molar-refractivity contribution in [3.63, 3.8) is 0 Å². The lowest BCUT2D eigenvalue weighted by atomic mass is 10.2. The van der Waals surface area contributed by atoms with Crippen LogP contribution in [0.1, 0.15) is 11.3 Å². The summed E-state index contributed by atoms with van der Waals surface area (Å²) in [5.74, 6) is -1.68. The average Bonchev–Trinajstić information content (AvgIpc) is 2.78. The summed E-state index contributed by atoms with van der Waals surface area (Å²) in [7, 11) is 0. The molecule has 0 radical (unpaired) electrons. The SMILES string of the molecule is Cc1ccc2cnn(Cc3cccc(F)c3F)c2n1. The summed E-state index contributed by atoms with van der Waals surface area (Å²) in [6.07, 6.45) is 1.67. The van der Waals surface area contributed by atoms with Crippen LogP contribution in [0.2, 0.25) is 0 Å². The van der Waals surface area contributed by atoms with E-state index in [0.29, 0.717) is 5.65 Å². The maximum Gasteiger partial charge on any atom is 0.163 e. The van der Waals surface area contributed by atoms with Crippen molar-refractivity contribution >= 4 is 11.0 Å². The Morgan fingerprint density at radius 2 is 2.00 bits per heavy atom. The predicted octanol–water partition coefficient (Wildman–Crippen LogP) is 3.07. The number of pyridine rings is 1. The number of aromatic nitrogens is 3. The van der Waals surface area contributed by atoms with Crippen molar-refractivity contribution in [1.29, 1.82) is 0 Å². The molecule has 0 aliphatic rings. The minimum absolute atomic E-state index is 0.156. The summed E-state index contributed by atoms with van der Waals surface area (Å²) in [5, 5.41) is 5.04. The molecule has 96 valence electrons. The molecule has 19 heavy (non-hydrogen) atoms. The number of halogens is 2. The molecule has 0 amide bonds. The van der Waals surface area contributed by atoms with E-state index in [-0.39, 0.29) is 12.1 Å². The third kappa shape index (κ3) is 2.07. The highest BCUT2D eigenvalue weighted by molar-refractivity contribution is 5.74. The molecule has 0 aliphatic heterocycles. The number of aryl methyl sites for hydroxylation is 1. The molecule has 0 bridgehead atoms. The smallest absolute Gasteiger partial charge is 0.163 e. The van der Waals surface area contributed by atoms with Gasteiger partial charge in [0.2, 0.25) is 0 Å². The number of hydrogen-bond donors (Lipinski definition) is 0. The van der Waals surface area contributed by atoms with Crippen LogP contribution in [0.3, 0.4) is 0 Å². The van der Waals surface area contributed by atoms with E-state index in [1.54, 1.807) is 16.9 Å². The van der Waals surface area contributed by atoms with E-state index in [4.69, 9.17) is 0 Å². The van der Waals surface area contributed by atoms with Crippen molar-refractivity contribution in [2.45, 2.75) is 13.5 Å². The Hall–Kier alpha value is -2.30. The fourth-order valence-electron chi connectivity index (χ4n) is 2.00. The molecule has 0 atom stereocenters. The normalized spacial score (nSPS) is 11.1. The highest BCUT2D eigenvalue weighted by atomic mass is 19.2. The third-order valence-corrected chi connectivity index (χ3v) is 2.98. The number of nitrogens with zero attached hydrogens (tertiary/aromatic N) is 3. The Labute approximate surface area is 108 Å². The molecule has 5 heteroatoms. The van der Waals surface area contributed by atoms with Crippen LogP contribution in [-0.4, -0.2) is 14.8 Å². The lowest BCUT2D eigenvalue weighted by Gasteiger charge is -2.05. The lowest BCUT2D eigenvalue weighted by Crippen LogP contribution is -2.05. The molecule has 0 saturated carbocycles. The molecule has 0 fully saturated rings. The molecule has 0 N–H and O–H groups in total. The summed E-state index contributed by atoms with van der Waals surface area (Å²) in [5.41, 5.74) is 1.78. The van der Waals surface area contributed by atoms with Crippen LogP contribution in [0.15, 0.2) is 36.5 Å². The molecule has 3 aromatic rings. The molecule has 0 aliphatic carbocycles. The van der Waals surface area contributed by atoms with Crippen LogP contribution in [-0.2, 0) is 6.54 Å². The van der Waals surface area contributed by atoms with Gasteiger partial charge in [0.25, 0.3) is 0 Å². The molecular weight excluding hydrogens is 248 g/mol. The second-order valence-electron chi connectivity index (χ2n) is 4.38. The van der Waals surface area contributed by atoms with E-state index in [9.17, 15) is 8.78 Å². The summed E-state index contributed by atoms with van der Waals surface area (Å²) in [4.78, 5) is 4.37. The van der Waals surface area contributed by atoms with Crippen LogP contribution in [0, 0.1) is 18.6 Å². The van der Waals surface area contributed by atoms with Gasteiger partial charge in [0.05, 0.1) is 12.7 Å². The van der Waals surface area contributed by atoms with Gasteiger partial charge in [-0.3, -0.25) is 0 Å². The van der Waals surface area contributed by atoms with Gasteiger partial charge in [-0.15, -0.1) is 0 Å². The number of benzene rings is 1. The largest absolute Gasteiger partial charge is 0.243 e. The van der Waals surface area contributed by atoms with Crippen LogP contribution < -0.4 is 0 Å². The Bertz CT molecular complexity index is 750. The van der Waals surface area contributed by atoms with Gasteiger partial charge in [-0.1, -0.05) is 12.1 Å². The minimum atomic E-state index is -0.849. The monoisotopic (exact) mass is 259 g/mol. The first-order valence-corrected chi connectivity index (χ1v) is 5.87. The van der Waals surface area contributed by atoms with Gasteiger partial charge < -0.3 is 0 Å². The fourth-order valence-corrected chi connectivity index (χ4v) is 2.00. The van der Waals surface area contributed by atoms with Gasteiger partial charge in [-0.25, -0.2) is 18.4 Å². The van der Waals surface area contributed by atoms with E-state index in [0.717, 1.165) is 17.1 Å². The summed E-state index contributed by atoms with van der Waals surface area (Å²) >= 11 is 0. The van der Waals surface area contributed by atoms with E-state index in [1.165, 1.54) is 6.07 Å². The first kappa shape index (κ1) is 11.8. The standard InChI is InChI=1S/C14H11F2N3/c1-9-5-6-10-7-17-19(14(10)18-9)8-11-3-2-4-12(15)13(11)16/h2-7H,8H2,1H3. The molecule has 3 nitrogen and oxygen atoms in total. The van der Waals surface area contributed by atoms with Gasteiger partial charge >= 0.3 is 0 Å². The van der Waals surface area contributed by atoms with Gasteiger partial charge in [0, 0.05) is 16.6 Å². The van der Waals surface area contributed by atoms with Gasteiger partial charge in [-0.05, 0) is 25.1 Å². The zero-order valence-electron chi connectivity index (χ0n) is 10.3. The summed E-state index contributed by atoms with van der Waals surface area (Å²) in [6.45, 7) is 2.03. The van der Waals surface area contributed by atoms with Gasteiger partial charge in [-0.2, -0.15) is 5.10 Å². The maximum absolute atomic E-state index is 13.6. The first-order valence-electron chi connectivity index (χ1n) is 5.87. The quantitative estimate of drug-likeness (QED) is 0.708. The first-order chi connectivity index (χ1) is 9.15. The average molecular weight is 259 g/mol. The third-order valence-electron chi connectivity index (χ3n) is 2.98. The zero-order valence-corrected chi connectivity index (χ0v) is 10.3. The topological polar surface area (TPSA) is 30.7 Å². The Balaban J connectivity index is 2.06. The molecule has 0 unspecified atom stereocenters. The molecule has 2 aromatic heterocycles. The van der Waals surface area contributed by atoms with Crippen molar-refractivity contribution in [1.82, 2.24) is 14.8 Å². The highest BCUT2D eigenvalue weighted by Gasteiger charge is 2.11. The van der Waals surface area contributed by atoms with Crippen molar-refractivity contribution in [2.75, 3.05) is 0 Å². The van der Waals surface area contributed by atoms with Crippen LogP contribution in [0.4, 0.5) is 8.78 Å². The van der Waals surface area contributed by atoms with Crippen molar-refractivity contribution < 1.29 is 8.78 Å². The maximum atomic E-state index is 13.6. The van der Waals surface area contributed by atoms with Gasteiger partial charge in [0.1, 0.15) is 0 Å². The molecule has 2 heterocycles. The Kier molecular flexibility index (Phi) is 2.74. The van der Waals surface area contributed by atoms with Crippen molar-refractivity contribution in [3.8, 4) is 0 Å². The number of fused-ring (bicyclic) bond motifs is 1. The molecular formula is C14H11F2N3. The highest BCUT2D eigenvalue weighted by Crippen LogP contribution is 2.16. The summed E-state index contributed by atoms with van der Waals surface area (Å²) in [6, 6.07) is 7.92. The fraction of sp³-hybridized carbons (Fsp3) is 0.143. The molecule has 0 spiro atoms. The second kappa shape index (κ2) is 4.42. The lowest BCUT2D eigenvalue weighted by molar-refractivity contribution is 0.493. The molecule has 0 saturated heterocycles. The molecule has 3 rings (SSSR count). The predicted molar refractivity (Wildman–Crippen MR) is 67.7 cm³/mol.